The summed E-state index contributed by atoms with van der Waals surface area (Å²) in [6, 6.07) is 9.67. The van der Waals surface area contributed by atoms with E-state index in [1.807, 2.05) is 30.3 Å². The van der Waals surface area contributed by atoms with Crippen molar-refractivity contribution in [1.29, 1.82) is 0 Å². The topological polar surface area (TPSA) is 107 Å². The number of nitrogens with zero attached hydrogens (tertiary/aromatic N) is 4. The number of hydrogen-bond acceptors (Lipinski definition) is 5. The Bertz CT molecular complexity index is 807. The zero-order valence-corrected chi connectivity index (χ0v) is 11.1. The second-order valence-corrected chi connectivity index (χ2v) is 4.54. The lowest BCUT2D eigenvalue weighted by molar-refractivity contribution is 0.0689. The lowest BCUT2D eigenvalue weighted by Gasteiger charge is -2.07. The van der Waals surface area contributed by atoms with E-state index in [0.717, 1.165) is 16.5 Å². The first-order valence-corrected chi connectivity index (χ1v) is 6.39. The van der Waals surface area contributed by atoms with Crippen LogP contribution in [0.4, 0.5) is 0 Å². The van der Waals surface area contributed by atoms with Gasteiger partial charge in [0.1, 0.15) is 0 Å². The predicted octanol–water partition coefficient (Wildman–Crippen LogP) is 1.03. The first-order chi connectivity index (χ1) is 10.2. The summed E-state index contributed by atoms with van der Waals surface area (Å²) in [7, 11) is 0. The van der Waals surface area contributed by atoms with E-state index in [2.05, 4.69) is 15.3 Å². The van der Waals surface area contributed by atoms with Gasteiger partial charge in [0.15, 0.2) is 5.69 Å². The fourth-order valence-electron chi connectivity index (χ4n) is 2.28. The van der Waals surface area contributed by atoms with E-state index >= 15 is 0 Å². The minimum atomic E-state index is -1.13. The van der Waals surface area contributed by atoms with Gasteiger partial charge in [-0.25, -0.2) is 9.48 Å². The molecule has 0 aliphatic carbocycles. The van der Waals surface area contributed by atoms with Gasteiger partial charge in [-0.2, -0.15) is 0 Å². The second-order valence-electron chi connectivity index (χ2n) is 4.54. The molecule has 0 aliphatic heterocycles. The number of rotatable bonds is 4. The molecule has 0 saturated carbocycles. The highest BCUT2D eigenvalue weighted by Gasteiger charge is 2.18. The monoisotopic (exact) mass is 283 g/mol. The number of carboxylic acid groups (broad SMARTS) is 1. The van der Waals surface area contributed by atoms with Gasteiger partial charge in [0, 0.05) is 18.1 Å². The van der Waals surface area contributed by atoms with E-state index < -0.39 is 5.97 Å². The van der Waals surface area contributed by atoms with Crippen LogP contribution in [0, 0.1) is 0 Å². The van der Waals surface area contributed by atoms with Gasteiger partial charge >= 0.3 is 5.97 Å². The van der Waals surface area contributed by atoms with Gasteiger partial charge in [-0.15, -0.1) is 5.10 Å². The van der Waals surface area contributed by atoms with E-state index in [0.29, 0.717) is 12.2 Å². The third-order valence-corrected chi connectivity index (χ3v) is 3.27. The maximum atomic E-state index is 11.1. The summed E-state index contributed by atoms with van der Waals surface area (Å²) in [5.74, 6) is -1.13. The molecule has 2 aromatic heterocycles. The first kappa shape index (κ1) is 13.2. The number of aromatic carboxylic acids is 1. The van der Waals surface area contributed by atoms with Crippen molar-refractivity contribution in [2.24, 2.45) is 5.73 Å². The molecule has 0 radical (unpaired) electrons. The average molecular weight is 283 g/mol. The lowest BCUT2D eigenvalue weighted by atomic mass is 10.1. The highest BCUT2D eigenvalue weighted by molar-refractivity contribution is 5.86. The maximum Gasteiger partial charge on any atom is 0.358 e. The number of nitrogens with two attached hydrogens (primary N) is 1. The molecule has 3 N–H and O–H groups in total. The molecule has 106 valence electrons. The number of aromatic nitrogens is 4. The fourth-order valence-corrected chi connectivity index (χ4v) is 2.28. The van der Waals surface area contributed by atoms with Crippen LogP contribution in [0.3, 0.4) is 0 Å². The molecule has 0 saturated heterocycles. The standard InChI is InChI=1S/C14H13N5O2/c15-7-11-13(14(20)21)17-18-19(11)8-10-4-1-3-9-5-2-6-16-12(9)10/h1-6H,7-8,15H2,(H,20,21). The largest absolute Gasteiger partial charge is 0.476 e. The van der Waals surface area contributed by atoms with Gasteiger partial charge in [0.25, 0.3) is 0 Å². The third kappa shape index (κ3) is 2.34. The number of carbonyl (C=O) groups is 1. The number of carboxylic acids is 1. The van der Waals surface area contributed by atoms with Crippen LogP contribution >= 0.6 is 0 Å². The highest BCUT2D eigenvalue weighted by Crippen LogP contribution is 2.17. The zero-order chi connectivity index (χ0) is 14.8. The fraction of sp³-hybridized carbons (Fsp3) is 0.143. The molecule has 1 aromatic carbocycles. The molecular formula is C14H13N5O2. The Morgan fingerprint density at radius 1 is 1.29 bits per heavy atom. The number of benzene rings is 1. The molecule has 0 unspecified atom stereocenters. The summed E-state index contributed by atoms with van der Waals surface area (Å²) in [5, 5.41) is 17.6. The van der Waals surface area contributed by atoms with Gasteiger partial charge < -0.3 is 10.8 Å². The Labute approximate surface area is 120 Å². The molecule has 21 heavy (non-hydrogen) atoms. The van der Waals surface area contributed by atoms with E-state index in [4.69, 9.17) is 10.8 Å². The number of para-hydroxylation sites is 1. The van der Waals surface area contributed by atoms with Crippen molar-refractivity contribution in [2.45, 2.75) is 13.1 Å². The Hall–Kier alpha value is -2.80. The van der Waals surface area contributed by atoms with Crippen molar-refractivity contribution in [3.05, 3.63) is 53.5 Å². The summed E-state index contributed by atoms with van der Waals surface area (Å²) in [5.41, 5.74) is 7.70. The minimum absolute atomic E-state index is 0.0623. The molecule has 2 heterocycles. The Kier molecular flexibility index (Phi) is 3.33. The van der Waals surface area contributed by atoms with Crippen molar-refractivity contribution in [3.8, 4) is 0 Å². The minimum Gasteiger partial charge on any atom is -0.476 e. The Balaban J connectivity index is 2.05. The SMILES string of the molecule is NCc1c(C(=O)O)nnn1Cc1cccc2cccnc12. The normalized spacial score (nSPS) is 10.9. The zero-order valence-electron chi connectivity index (χ0n) is 11.1. The quantitative estimate of drug-likeness (QED) is 0.740. The second kappa shape index (κ2) is 5.29. The van der Waals surface area contributed by atoms with Crippen molar-refractivity contribution >= 4 is 16.9 Å². The molecule has 0 atom stereocenters. The van der Waals surface area contributed by atoms with Gasteiger partial charge in [-0.3, -0.25) is 4.98 Å². The molecule has 3 rings (SSSR count). The summed E-state index contributed by atoms with van der Waals surface area (Å²) < 4.78 is 1.51. The lowest BCUT2D eigenvalue weighted by Crippen LogP contribution is -2.13. The molecule has 7 nitrogen and oxygen atoms in total. The Morgan fingerprint density at radius 3 is 2.86 bits per heavy atom. The molecular weight excluding hydrogens is 270 g/mol. The van der Waals surface area contributed by atoms with E-state index in [9.17, 15) is 4.79 Å². The average Bonchev–Trinajstić information content (AvgIpc) is 2.90. The van der Waals surface area contributed by atoms with E-state index in [1.54, 1.807) is 6.20 Å². The van der Waals surface area contributed by atoms with Gasteiger partial charge in [-0.05, 0) is 11.6 Å². The molecule has 0 bridgehead atoms. The summed E-state index contributed by atoms with van der Waals surface area (Å²) in [6.45, 7) is 0.438. The summed E-state index contributed by atoms with van der Waals surface area (Å²) in [4.78, 5) is 15.4. The smallest absolute Gasteiger partial charge is 0.358 e. The third-order valence-electron chi connectivity index (χ3n) is 3.27. The van der Waals surface area contributed by atoms with Gasteiger partial charge in [0.05, 0.1) is 17.8 Å². The van der Waals surface area contributed by atoms with Crippen molar-refractivity contribution in [1.82, 2.24) is 20.0 Å². The van der Waals surface area contributed by atoms with Gasteiger partial charge in [-0.1, -0.05) is 29.5 Å². The molecule has 0 aliphatic rings. The van der Waals surface area contributed by atoms with Crippen LogP contribution in [0.25, 0.3) is 10.9 Å². The van der Waals surface area contributed by atoms with Crippen LogP contribution in [-0.4, -0.2) is 31.1 Å². The molecule has 0 spiro atoms. The van der Waals surface area contributed by atoms with Crippen molar-refractivity contribution in [3.63, 3.8) is 0 Å². The molecule has 0 amide bonds. The van der Waals surface area contributed by atoms with Crippen molar-refractivity contribution in [2.75, 3.05) is 0 Å². The molecule has 3 aromatic rings. The van der Waals surface area contributed by atoms with Gasteiger partial charge in [0.2, 0.25) is 0 Å². The van der Waals surface area contributed by atoms with Crippen LogP contribution in [-0.2, 0) is 13.1 Å². The highest BCUT2D eigenvalue weighted by atomic mass is 16.4. The van der Waals surface area contributed by atoms with E-state index in [1.165, 1.54) is 4.68 Å². The first-order valence-electron chi connectivity index (χ1n) is 6.39. The predicted molar refractivity (Wildman–Crippen MR) is 75.7 cm³/mol. The Morgan fingerprint density at radius 2 is 2.10 bits per heavy atom. The summed E-state index contributed by atoms with van der Waals surface area (Å²) in [6.07, 6.45) is 1.72. The number of pyridine rings is 1. The number of fused-ring (bicyclic) bond motifs is 1. The molecule has 0 fully saturated rings. The van der Waals surface area contributed by atoms with Crippen LogP contribution < -0.4 is 5.73 Å². The van der Waals surface area contributed by atoms with Crippen LogP contribution in [0.15, 0.2) is 36.5 Å². The number of hydrogen-bond donors (Lipinski definition) is 2. The summed E-state index contributed by atoms with van der Waals surface area (Å²) >= 11 is 0. The van der Waals surface area contributed by atoms with Crippen molar-refractivity contribution < 1.29 is 9.90 Å². The van der Waals surface area contributed by atoms with Crippen LogP contribution in [0.5, 0.6) is 0 Å². The maximum absolute atomic E-state index is 11.1. The van der Waals surface area contributed by atoms with Crippen LogP contribution in [0.1, 0.15) is 21.7 Å². The molecule has 7 heteroatoms. The van der Waals surface area contributed by atoms with E-state index in [-0.39, 0.29) is 12.2 Å². The van der Waals surface area contributed by atoms with Crippen LogP contribution in [0.2, 0.25) is 0 Å².